The number of halogens is 1. The van der Waals surface area contributed by atoms with Crippen LogP contribution in [-0.2, 0) is 21.2 Å². The van der Waals surface area contributed by atoms with E-state index >= 15 is 0 Å². The quantitative estimate of drug-likeness (QED) is 0.501. The fraction of sp³-hybridized carbons (Fsp3) is 0.375. The molecule has 0 saturated carbocycles. The third-order valence-electron chi connectivity index (χ3n) is 6.63. The summed E-state index contributed by atoms with van der Waals surface area (Å²) in [4.78, 5) is 23.6. The average Bonchev–Trinajstić information content (AvgIpc) is 3.36. The SMILES string of the molecule is C[C@H]1CN(c2ccc(S(=O)(=O)Nc3ncns3)cc2)CCN1C(=O)CN1CCCc2cc(Cl)ccc21.[HH]. The number of hydrogen-bond donors (Lipinski definition) is 1. The van der Waals surface area contributed by atoms with Crippen molar-refractivity contribution in [3.8, 4) is 0 Å². The first kappa shape index (κ1) is 24.8. The molecule has 36 heavy (non-hydrogen) atoms. The van der Waals surface area contributed by atoms with Crippen molar-refractivity contribution in [2.45, 2.75) is 30.7 Å². The number of aromatic nitrogens is 2. The number of rotatable bonds is 6. The standard InChI is InChI=1S/C24H27ClN6O3S2.H2/c1-17-14-29(20-5-7-21(8-6-20)36(33,34)28-24-26-16-27-35-24)11-12-31(17)23(32)15-30-10-2-3-18-13-19(25)4-9-22(18)30;/h4-9,13,16-17H,2-3,10-12,14-15H2,1H3,(H,26,27,28);1H/t17-;/m0./s1. The molecule has 3 heterocycles. The summed E-state index contributed by atoms with van der Waals surface area (Å²) < 4.78 is 31.4. The maximum absolute atomic E-state index is 13.2. The average molecular weight is 549 g/mol. The van der Waals surface area contributed by atoms with E-state index in [1.54, 1.807) is 24.3 Å². The number of carbonyl (C=O) groups is 1. The van der Waals surface area contributed by atoms with Crippen LogP contribution in [0.3, 0.4) is 0 Å². The van der Waals surface area contributed by atoms with Crippen LogP contribution in [0.2, 0.25) is 5.02 Å². The van der Waals surface area contributed by atoms with Crippen molar-refractivity contribution in [3.63, 3.8) is 0 Å². The molecule has 2 aliphatic rings. The first-order valence-corrected chi connectivity index (χ1v) is 14.4. The summed E-state index contributed by atoms with van der Waals surface area (Å²) in [6.45, 7) is 5.23. The van der Waals surface area contributed by atoms with Gasteiger partial charge in [0.15, 0.2) is 0 Å². The molecular formula is C24H29ClN6O3S2. The minimum Gasteiger partial charge on any atom is -0.368 e. The molecule has 0 spiro atoms. The van der Waals surface area contributed by atoms with Crippen molar-refractivity contribution in [1.82, 2.24) is 14.3 Å². The molecule has 12 heteroatoms. The lowest BCUT2D eigenvalue weighted by molar-refractivity contribution is -0.132. The lowest BCUT2D eigenvalue weighted by atomic mass is 10.0. The van der Waals surface area contributed by atoms with E-state index in [-0.39, 0.29) is 23.4 Å². The topological polar surface area (TPSA) is 98.7 Å². The highest BCUT2D eigenvalue weighted by atomic mass is 35.5. The van der Waals surface area contributed by atoms with Gasteiger partial charge in [-0.25, -0.2) is 13.4 Å². The molecule has 1 fully saturated rings. The molecule has 1 N–H and O–H groups in total. The number of sulfonamides is 1. The zero-order valence-electron chi connectivity index (χ0n) is 19.8. The molecule has 1 saturated heterocycles. The zero-order valence-corrected chi connectivity index (χ0v) is 22.2. The van der Waals surface area contributed by atoms with Crippen LogP contribution < -0.4 is 14.5 Å². The highest BCUT2D eigenvalue weighted by Gasteiger charge is 2.30. The fourth-order valence-electron chi connectivity index (χ4n) is 4.85. The number of piperazine rings is 1. The first-order valence-electron chi connectivity index (χ1n) is 11.8. The van der Waals surface area contributed by atoms with Crippen molar-refractivity contribution in [2.24, 2.45) is 0 Å². The van der Waals surface area contributed by atoms with Crippen LogP contribution in [0.4, 0.5) is 16.5 Å². The minimum atomic E-state index is -3.72. The minimum absolute atomic E-state index is 0. The summed E-state index contributed by atoms with van der Waals surface area (Å²) in [6, 6.07) is 12.7. The first-order chi connectivity index (χ1) is 17.3. The van der Waals surface area contributed by atoms with Crippen LogP contribution in [0.25, 0.3) is 0 Å². The summed E-state index contributed by atoms with van der Waals surface area (Å²) in [5, 5.41) is 0.955. The molecular weight excluding hydrogens is 520 g/mol. The molecule has 3 aromatic rings. The third kappa shape index (κ3) is 5.28. The summed E-state index contributed by atoms with van der Waals surface area (Å²) in [7, 11) is -3.72. The third-order valence-corrected chi connectivity index (χ3v) is 8.92. The maximum Gasteiger partial charge on any atom is 0.263 e. The van der Waals surface area contributed by atoms with E-state index in [9.17, 15) is 13.2 Å². The normalized spacial score (nSPS) is 18.2. The van der Waals surface area contributed by atoms with Crippen LogP contribution in [-0.4, -0.2) is 67.3 Å². The number of aryl methyl sites for hydroxylation is 1. The Bertz CT molecular complexity index is 1340. The van der Waals surface area contributed by atoms with Crippen LogP contribution in [0.15, 0.2) is 53.7 Å². The number of carbonyl (C=O) groups excluding carboxylic acids is 1. The van der Waals surface area contributed by atoms with Crippen LogP contribution in [0, 0.1) is 0 Å². The number of nitrogens with zero attached hydrogens (tertiary/aromatic N) is 5. The highest BCUT2D eigenvalue weighted by molar-refractivity contribution is 7.93. The highest BCUT2D eigenvalue weighted by Crippen LogP contribution is 2.30. The van der Waals surface area contributed by atoms with E-state index < -0.39 is 10.0 Å². The van der Waals surface area contributed by atoms with Gasteiger partial charge in [0.1, 0.15) is 6.33 Å². The molecule has 2 aliphatic heterocycles. The molecule has 1 aromatic heterocycles. The Morgan fingerprint density at radius 1 is 1.19 bits per heavy atom. The molecule has 9 nitrogen and oxygen atoms in total. The maximum atomic E-state index is 13.2. The molecule has 192 valence electrons. The predicted molar refractivity (Wildman–Crippen MR) is 145 cm³/mol. The Morgan fingerprint density at radius 2 is 2.00 bits per heavy atom. The Kier molecular flexibility index (Phi) is 7.05. The van der Waals surface area contributed by atoms with E-state index in [0.717, 1.165) is 47.3 Å². The smallest absolute Gasteiger partial charge is 0.263 e. The van der Waals surface area contributed by atoms with Gasteiger partial charge in [0.05, 0.1) is 11.4 Å². The molecule has 0 bridgehead atoms. The van der Waals surface area contributed by atoms with E-state index in [1.807, 2.05) is 23.1 Å². The van der Waals surface area contributed by atoms with Gasteiger partial charge in [0.25, 0.3) is 10.0 Å². The number of nitrogens with one attached hydrogen (secondary N) is 1. The molecule has 1 atom stereocenters. The van der Waals surface area contributed by atoms with Gasteiger partial charge in [0.2, 0.25) is 11.0 Å². The fourth-order valence-corrected chi connectivity index (χ4v) is 6.71. The number of fused-ring (bicyclic) bond motifs is 1. The van der Waals surface area contributed by atoms with Gasteiger partial charge in [-0.2, -0.15) is 4.37 Å². The van der Waals surface area contributed by atoms with Crippen LogP contribution in [0.1, 0.15) is 20.3 Å². The Hall–Kier alpha value is -2.89. The second-order valence-corrected chi connectivity index (χ2v) is 11.9. The predicted octanol–water partition coefficient (Wildman–Crippen LogP) is 3.73. The monoisotopic (exact) mass is 548 g/mol. The van der Waals surface area contributed by atoms with Gasteiger partial charge < -0.3 is 14.7 Å². The molecule has 0 aliphatic carbocycles. The van der Waals surface area contributed by atoms with Crippen LogP contribution >= 0.6 is 23.1 Å². The second kappa shape index (κ2) is 10.2. The van der Waals surface area contributed by atoms with Crippen molar-refractivity contribution in [3.05, 3.63) is 59.4 Å². The lowest BCUT2D eigenvalue weighted by Gasteiger charge is -2.42. The van der Waals surface area contributed by atoms with E-state index in [0.29, 0.717) is 26.2 Å². The number of hydrogen-bond acceptors (Lipinski definition) is 8. The van der Waals surface area contributed by atoms with E-state index in [2.05, 4.69) is 30.8 Å². The molecule has 0 unspecified atom stereocenters. The summed E-state index contributed by atoms with van der Waals surface area (Å²) >= 11 is 7.14. The van der Waals surface area contributed by atoms with E-state index in [1.165, 1.54) is 11.9 Å². The Labute approximate surface area is 221 Å². The lowest BCUT2D eigenvalue weighted by Crippen LogP contribution is -2.56. The summed E-state index contributed by atoms with van der Waals surface area (Å²) in [5.41, 5.74) is 3.22. The molecule has 5 rings (SSSR count). The largest absolute Gasteiger partial charge is 0.368 e. The molecule has 2 aromatic carbocycles. The van der Waals surface area contributed by atoms with Crippen molar-refractivity contribution < 1.29 is 14.6 Å². The van der Waals surface area contributed by atoms with Gasteiger partial charge >= 0.3 is 0 Å². The van der Waals surface area contributed by atoms with Crippen molar-refractivity contribution >= 4 is 55.6 Å². The van der Waals surface area contributed by atoms with Gasteiger partial charge in [-0.1, -0.05) is 11.6 Å². The number of amides is 1. The number of anilines is 3. The van der Waals surface area contributed by atoms with Gasteiger partial charge in [-0.15, -0.1) is 0 Å². The Morgan fingerprint density at radius 3 is 2.72 bits per heavy atom. The second-order valence-electron chi connectivity index (χ2n) is 9.03. The van der Waals surface area contributed by atoms with Crippen molar-refractivity contribution in [2.75, 3.05) is 47.2 Å². The van der Waals surface area contributed by atoms with Gasteiger partial charge in [-0.05, 0) is 67.8 Å². The van der Waals surface area contributed by atoms with Gasteiger partial charge in [-0.3, -0.25) is 9.52 Å². The Balaban J connectivity index is 0.00000320. The van der Waals surface area contributed by atoms with Crippen LogP contribution in [0.5, 0.6) is 0 Å². The molecule has 1 amide bonds. The summed E-state index contributed by atoms with van der Waals surface area (Å²) in [6.07, 6.45) is 3.29. The van der Waals surface area contributed by atoms with E-state index in [4.69, 9.17) is 11.6 Å². The van der Waals surface area contributed by atoms with Gasteiger partial charge in [0, 0.05) is 61.6 Å². The summed E-state index contributed by atoms with van der Waals surface area (Å²) in [5.74, 6) is 0.120. The molecule has 0 radical (unpaired) electrons. The number of benzene rings is 2. The van der Waals surface area contributed by atoms with Crippen molar-refractivity contribution in [1.29, 1.82) is 0 Å². The zero-order chi connectivity index (χ0) is 25.3.